The molecule has 314 valence electrons. The molecule has 4 aliphatic heterocycles. The molecule has 4 saturated heterocycles. The van der Waals surface area contributed by atoms with Gasteiger partial charge in [0.05, 0.1) is 0 Å². The van der Waals surface area contributed by atoms with Gasteiger partial charge in [0, 0.05) is 74.6 Å². The molecule has 0 unspecified atom stereocenters. The second-order valence-electron chi connectivity index (χ2n) is 20.6. The first-order valence-corrected chi connectivity index (χ1v) is 22.1. The quantitative estimate of drug-likeness (QED) is 0.186. The normalized spacial score (nSPS) is 17.9. The molecular weight excluding hydrogens is 745 g/mol. The minimum absolute atomic E-state index is 0.0974. The van der Waals surface area contributed by atoms with Gasteiger partial charge in [0.2, 0.25) is 23.6 Å². The van der Waals surface area contributed by atoms with E-state index in [2.05, 4.69) is 117 Å². The van der Waals surface area contributed by atoms with E-state index < -0.39 is 0 Å². The van der Waals surface area contributed by atoms with Gasteiger partial charge >= 0.3 is 0 Å². The molecule has 4 aromatic carbocycles. The first-order valence-electron chi connectivity index (χ1n) is 22.1. The lowest BCUT2D eigenvalue weighted by Gasteiger charge is -2.30. The topological polar surface area (TPSA) is 81.2 Å². The Morgan fingerprint density at radius 3 is 0.883 bits per heavy atom. The van der Waals surface area contributed by atoms with Crippen molar-refractivity contribution in [2.24, 2.45) is 0 Å². The summed E-state index contributed by atoms with van der Waals surface area (Å²) in [5.74, 6) is 0.389. The SMILES string of the molecule is CC(C)(C)c1cc(-c2c(-c3cc(N4CCCC4=O)cc(N4CCCC4=O)c3)cc(C(C)(C)C)cc2-c2cc(N3CCCC3=O)cc(N3CCCC3=O)c2)cc(C(C)(C)C)c1. The number of benzene rings is 4. The van der Waals surface area contributed by atoms with Crippen molar-refractivity contribution >= 4 is 46.4 Å². The first kappa shape index (κ1) is 41.5. The third-order valence-electron chi connectivity index (χ3n) is 12.9. The van der Waals surface area contributed by atoms with Gasteiger partial charge in [-0.2, -0.15) is 0 Å². The van der Waals surface area contributed by atoms with Gasteiger partial charge in [-0.25, -0.2) is 0 Å². The van der Waals surface area contributed by atoms with Crippen molar-refractivity contribution in [2.75, 3.05) is 45.8 Å². The molecule has 0 bridgehead atoms. The van der Waals surface area contributed by atoms with E-state index in [9.17, 15) is 19.2 Å². The Labute approximate surface area is 356 Å². The second-order valence-corrected chi connectivity index (χ2v) is 20.6. The number of anilines is 4. The van der Waals surface area contributed by atoms with Crippen molar-refractivity contribution in [3.05, 3.63) is 83.4 Å². The third kappa shape index (κ3) is 8.02. The van der Waals surface area contributed by atoms with Crippen LogP contribution >= 0.6 is 0 Å². The molecule has 8 nitrogen and oxygen atoms in total. The average molecular weight is 807 g/mol. The molecule has 4 aromatic rings. The summed E-state index contributed by atoms with van der Waals surface area (Å²) < 4.78 is 0. The van der Waals surface area contributed by atoms with Crippen molar-refractivity contribution in [3.8, 4) is 33.4 Å². The summed E-state index contributed by atoms with van der Waals surface area (Å²) >= 11 is 0. The molecule has 0 aliphatic carbocycles. The molecule has 4 fully saturated rings. The van der Waals surface area contributed by atoms with Gasteiger partial charge in [-0.1, -0.05) is 80.5 Å². The van der Waals surface area contributed by atoms with Gasteiger partial charge in [0.1, 0.15) is 0 Å². The Kier molecular flexibility index (Phi) is 10.6. The van der Waals surface area contributed by atoms with E-state index in [-0.39, 0.29) is 39.9 Å². The number of carbonyl (C=O) groups excluding carboxylic acids is 4. The Balaban J connectivity index is 1.51. The molecule has 0 aromatic heterocycles. The van der Waals surface area contributed by atoms with Crippen LogP contribution < -0.4 is 19.6 Å². The fourth-order valence-corrected chi connectivity index (χ4v) is 9.29. The van der Waals surface area contributed by atoms with Crippen LogP contribution in [0, 0.1) is 0 Å². The zero-order chi connectivity index (χ0) is 42.9. The van der Waals surface area contributed by atoms with E-state index in [0.717, 1.165) is 87.4 Å². The third-order valence-corrected chi connectivity index (χ3v) is 12.9. The lowest BCUT2D eigenvalue weighted by atomic mass is 9.75. The summed E-state index contributed by atoms with van der Waals surface area (Å²) in [7, 11) is 0. The zero-order valence-electron chi connectivity index (χ0n) is 37.3. The largest absolute Gasteiger partial charge is 0.312 e. The van der Waals surface area contributed by atoms with Crippen LogP contribution in [0.4, 0.5) is 22.7 Å². The standard InChI is InChI=1S/C52H62N4O4/c1-50(2,3)36-22-35(23-37(28-36)51(4,5)6)49-43(33-24-39(53-18-10-14-45(53)57)31-40(25-33)54-19-11-15-46(54)58)29-38(52(7,8)9)30-44(49)34-26-41(55-20-12-16-47(55)59)32-42(27-34)56-21-13-17-48(56)60/h22-32H,10-21H2,1-9H3. The first-order chi connectivity index (χ1) is 28.3. The fraction of sp³-hybridized carbons (Fsp3) is 0.462. The molecule has 4 amide bonds. The molecule has 60 heavy (non-hydrogen) atoms. The van der Waals surface area contributed by atoms with Crippen molar-refractivity contribution in [2.45, 2.75) is 130 Å². The van der Waals surface area contributed by atoms with Crippen LogP contribution in [0.15, 0.2) is 66.7 Å². The maximum absolute atomic E-state index is 13.4. The highest BCUT2D eigenvalue weighted by molar-refractivity contribution is 6.04. The predicted octanol–water partition coefficient (Wildman–Crippen LogP) is 11.1. The number of carbonyl (C=O) groups is 4. The molecule has 8 heteroatoms. The van der Waals surface area contributed by atoms with E-state index in [0.29, 0.717) is 51.9 Å². The Morgan fingerprint density at radius 1 is 0.350 bits per heavy atom. The van der Waals surface area contributed by atoms with Crippen molar-refractivity contribution < 1.29 is 19.2 Å². The summed E-state index contributed by atoms with van der Waals surface area (Å²) in [6.07, 6.45) is 5.19. The maximum atomic E-state index is 13.4. The summed E-state index contributed by atoms with van der Waals surface area (Å²) in [5.41, 5.74) is 12.2. The molecule has 0 atom stereocenters. The molecular formula is C52H62N4O4. The molecule has 8 rings (SSSR count). The number of rotatable bonds is 7. The lowest BCUT2D eigenvalue weighted by Crippen LogP contribution is -2.26. The highest BCUT2D eigenvalue weighted by atomic mass is 16.2. The van der Waals surface area contributed by atoms with Crippen LogP contribution in [-0.2, 0) is 35.4 Å². The van der Waals surface area contributed by atoms with Gasteiger partial charge < -0.3 is 19.6 Å². The number of amides is 4. The molecule has 4 heterocycles. The summed E-state index contributed by atoms with van der Waals surface area (Å²) in [6, 6.07) is 24.3. The molecule has 0 spiro atoms. The van der Waals surface area contributed by atoms with E-state index in [1.54, 1.807) is 0 Å². The van der Waals surface area contributed by atoms with Gasteiger partial charge in [-0.3, -0.25) is 19.2 Å². The van der Waals surface area contributed by atoms with Crippen LogP contribution in [0.1, 0.15) is 130 Å². The van der Waals surface area contributed by atoms with Crippen molar-refractivity contribution in [1.29, 1.82) is 0 Å². The highest BCUT2D eigenvalue weighted by Crippen LogP contribution is 2.48. The summed E-state index contributed by atoms with van der Waals surface area (Å²) in [5, 5.41) is 0. The van der Waals surface area contributed by atoms with E-state index in [1.165, 1.54) is 11.1 Å². The number of nitrogens with zero attached hydrogens (tertiary/aromatic N) is 4. The molecule has 4 aliphatic rings. The summed E-state index contributed by atoms with van der Waals surface area (Å²) in [6.45, 7) is 22.8. The Morgan fingerprint density at radius 2 is 0.633 bits per heavy atom. The zero-order valence-corrected chi connectivity index (χ0v) is 37.3. The minimum Gasteiger partial charge on any atom is -0.312 e. The van der Waals surface area contributed by atoms with Crippen LogP contribution in [0.3, 0.4) is 0 Å². The smallest absolute Gasteiger partial charge is 0.227 e. The Bertz CT molecular complexity index is 2170. The molecule has 0 saturated carbocycles. The van der Waals surface area contributed by atoms with Crippen molar-refractivity contribution in [1.82, 2.24) is 0 Å². The van der Waals surface area contributed by atoms with E-state index in [1.807, 2.05) is 31.7 Å². The number of hydrogen-bond donors (Lipinski definition) is 0. The maximum Gasteiger partial charge on any atom is 0.227 e. The monoisotopic (exact) mass is 806 g/mol. The second kappa shape index (κ2) is 15.3. The average Bonchev–Trinajstić information content (AvgIpc) is 4.01. The Hall–Kier alpha value is -5.24. The number of hydrogen-bond acceptors (Lipinski definition) is 4. The van der Waals surface area contributed by atoms with Crippen molar-refractivity contribution in [3.63, 3.8) is 0 Å². The van der Waals surface area contributed by atoms with Gasteiger partial charge in [0.15, 0.2) is 0 Å². The van der Waals surface area contributed by atoms with Gasteiger partial charge in [-0.05, 0) is 141 Å². The lowest BCUT2D eigenvalue weighted by molar-refractivity contribution is -0.117. The minimum atomic E-state index is -0.265. The summed E-state index contributed by atoms with van der Waals surface area (Å²) in [4.78, 5) is 61.2. The van der Waals surface area contributed by atoms with E-state index >= 15 is 0 Å². The van der Waals surface area contributed by atoms with Crippen LogP contribution in [0.2, 0.25) is 0 Å². The predicted molar refractivity (Wildman–Crippen MR) is 245 cm³/mol. The van der Waals surface area contributed by atoms with Crippen LogP contribution in [0.5, 0.6) is 0 Å². The van der Waals surface area contributed by atoms with Crippen LogP contribution in [0.25, 0.3) is 33.4 Å². The highest BCUT2D eigenvalue weighted by Gasteiger charge is 2.32. The van der Waals surface area contributed by atoms with Gasteiger partial charge in [-0.15, -0.1) is 0 Å². The van der Waals surface area contributed by atoms with Gasteiger partial charge in [0.25, 0.3) is 0 Å². The van der Waals surface area contributed by atoms with Crippen LogP contribution in [-0.4, -0.2) is 49.8 Å². The fourth-order valence-electron chi connectivity index (χ4n) is 9.29. The molecule has 0 radical (unpaired) electrons. The molecule has 0 N–H and O–H groups in total. The van der Waals surface area contributed by atoms with E-state index in [4.69, 9.17) is 0 Å².